The summed E-state index contributed by atoms with van der Waals surface area (Å²) in [5, 5.41) is 2.76. The van der Waals surface area contributed by atoms with Gasteiger partial charge in [0, 0.05) is 44.7 Å². The first-order valence-electron chi connectivity index (χ1n) is 10.7. The number of para-hydroxylation sites is 1. The van der Waals surface area contributed by atoms with Gasteiger partial charge in [0.05, 0.1) is 7.11 Å². The zero-order chi connectivity index (χ0) is 22.1. The highest BCUT2D eigenvalue weighted by Crippen LogP contribution is 2.17. The van der Waals surface area contributed by atoms with Crippen LogP contribution < -0.4 is 10.2 Å². The van der Waals surface area contributed by atoms with Gasteiger partial charge in [0.1, 0.15) is 6.04 Å². The Morgan fingerprint density at radius 1 is 1.00 bits per heavy atom. The van der Waals surface area contributed by atoms with Crippen LogP contribution in [-0.2, 0) is 19.1 Å². The van der Waals surface area contributed by atoms with Gasteiger partial charge in [0.15, 0.2) is 0 Å². The molecular formula is C23H35N3O4. The summed E-state index contributed by atoms with van der Waals surface area (Å²) in [7, 11) is 1.32. The van der Waals surface area contributed by atoms with Gasteiger partial charge in [-0.05, 0) is 30.4 Å². The fourth-order valence-electron chi connectivity index (χ4n) is 3.75. The maximum Gasteiger partial charge on any atom is 0.328 e. The number of rotatable bonds is 9. The number of carbonyl (C=O) groups excluding carboxylic acids is 3. The number of methoxy groups -OCH3 is 1. The van der Waals surface area contributed by atoms with Gasteiger partial charge in [0.25, 0.3) is 0 Å². The molecule has 0 aliphatic carbocycles. The summed E-state index contributed by atoms with van der Waals surface area (Å²) in [6, 6.07) is 9.56. The fourth-order valence-corrected chi connectivity index (χ4v) is 3.75. The number of ether oxygens (including phenoxy) is 1. The predicted octanol–water partition coefficient (Wildman–Crippen LogP) is 2.46. The van der Waals surface area contributed by atoms with Gasteiger partial charge in [-0.15, -0.1) is 0 Å². The molecular weight excluding hydrogens is 382 g/mol. The third kappa shape index (κ3) is 7.35. The first kappa shape index (κ1) is 23.7. The van der Waals surface area contributed by atoms with Gasteiger partial charge in [0.2, 0.25) is 11.8 Å². The van der Waals surface area contributed by atoms with Crippen molar-refractivity contribution in [3.8, 4) is 0 Å². The summed E-state index contributed by atoms with van der Waals surface area (Å²) in [5.41, 5.74) is 1.18. The van der Waals surface area contributed by atoms with E-state index >= 15 is 0 Å². The summed E-state index contributed by atoms with van der Waals surface area (Å²) >= 11 is 0. The van der Waals surface area contributed by atoms with Crippen molar-refractivity contribution in [1.82, 2.24) is 10.2 Å². The molecule has 7 heteroatoms. The Morgan fingerprint density at radius 3 is 2.20 bits per heavy atom. The van der Waals surface area contributed by atoms with Crippen molar-refractivity contribution in [2.45, 2.75) is 46.1 Å². The molecule has 2 amide bonds. The molecule has 0 aromatic heterocycles. The van der Waals surface area contributed by atoms with E-state index in [0.717, 1.165) is 13.1 Å². The van der Waals surface area contributed by atoms with Gasteiger partial charge >= 0.3 is 5.97 Å². The van der Waals surface area contributed by atoms with Crippen molar-refractivity contribution in [2.75, 3.05) is 38.2 Å². The Bertz CT molecular complexity index is 700. The number of hydrogen-bond donors (Lipinski definition) is 1. The number of benzene rings is 1. The van der Waals surface area contributed by atoms with Gasteiger partial charge in [-0.25, -0.2) is 4.79 Å². The molecule has 2 atom stereocenters. The number of anilines is 1. The highest BCUT2D eigenvalue weighted by molar-refractivity contribution is 5.85. The van der Waals surface area contributed by atoms with Gasteiger partial charge in [-0.3, -0.25) is 9.59 Å². The molecule has 1 saturated heterocycles. The lowest BCUT2D eigenvalue weighted by Gasteiger charge is -2.36. The third-order valence-electron chi connectivity index (χ3n) is 5.34. The van der Waals surface area contributed by atoms with Crippen LogP contribution in [0.1, 0.15) is 40.0 Å². The molecule has 0 spiro atoms. The Morgan fingerprint density at radius 2 is 1.63 bits per heavy atom. The SMILES string of the molecule is COC(=O)[C@H](CC(C)C)NC(=O)C[C@H](C)CC(=O)N1CCN(c2ccccc2)CC1. The molecule has 0 radical (unpaired) electrons. The lowest BCUT2D eigenvalue weighted by atomic mass is 10.0. The van der Waals surface area contributed by atoms with E-state index in [1.165, 1.54) is 12.8 Å². The topological polar surface area (TPSA) is 78.9 Å². The van der Waals surface area contributed by atoms with Crippen LogP contribution in [0.25, 0.3) is 0 Å². The van der Waals surface area contributed by atoms with Crippen LogP contribution in [0.4, 0.5) is 5.69 Å². The highest BCUT2D eigenvalue weighted by Gasteiger charge is 2.26. The second kappa shape index (κ2) is 11.6. The minimum atomic E-state index is -0.642. The highest BCUT2D eigenvalue weighted by atomic mass is 16.5. The minimum Gasteiger partial charge on any atom is -0.467 e. The number of nitrogens with one attached hydrogen (secondary N) is 1. The average molecular weight is 418 g/mol. The maximum atomic E-state index is 12.7. The first-order chi connectivity index (χ1) is 14.3. The molecule has 1 fully saturated rings. The normalized spacial score (nSPS) is 16.2. The lowest BCUT2D eigenvalue weighted by molar-refractivity contribution is -0.145. The fraction of sp³-hybridized carbons (Fsp3) is 0.609. The van der Waals surface area contributed by atoms with Crippen molar-refractivity contribution in [3.05, 3.63) is 30.3 Å². The van der Waals surface area contributed by atoms with E-state index in [4.69, 9.17) is 4.74 Å². The van der Waals surface area contributed by atoms with Gasteiger partial charge < -0.3 is 19.9 Å². The maximum absolute atomic E-state index is 12.7. The quantitative estimate of drug-likeness (QED) is 0.625. The first-order valence-corrected chi connectivity index (χ1v) is 10.7. The molecule has 1 aliphatic heterocycles. The number of nitrogens with zero attached hydrogens (tertiary/aromatic N) is 2. The second-order valence-electron chi connectivity index (χ2n) is 8.49. The van der Waals surface area contributed by atoms with E-state index in [-0.39, 0.29) is 30.1 Å². The Kier molecular flexibility index (Phi) is 9.15. The van der Waals surface area contributed by atoms with Crippen LogP contribution in [0, 0.1) is 11.8 Å². The predicted molar refractivity (Wildman–Crippen MR) is 117 cm³/mol. The molecule has 166 valence electrons. The number of hydrogen-bond acceptors (Lipinski definition) is 5. The van der Waals surface area contributed by atoms with E-state index < -0.39 is 12.0 Å². The Labute approximate surface area is 179 Å². The third-order valence-corrected chi connectivity index (χ3v) is 5.34. The van der Waals surface area contributed by atoms with E-state index in [2.05, 4.69) is 22.3 Å². The van der Waals surface area contributed by atoms with E-state index in [9.17, 15) is 14.4 Å². The zero-order valence-corrected chi connectivity index (χ0v) is 18.6. The van der Waals surface area contributed by atoms with Crippen molar-refractivity contribution in [2.24, 2.45) is 11.8 Å². The zero-order valence-electron chi connectivity index (χ0n) is 18.6. The van der Waals surface area contributed by atoms with Crippen LogP contribution >= 0.6 is 0 Å². The summed E-state index contributed by atoms with van der Waals surface area (Å²) in [4.78, 5) is 41.1. The molecule has 1 heterocycles. The Hall–Kier alpha value is -2.57. The Balaban J connectivity index is 1.77. The number of amides is 2. The van der Waals surface area contributed by atoms with Crippen LogP contribution in [0.15, 0.2) is 30.3 Å². The molecule has 0 unspecified atom stereocenters. The van der Waals surface area contributed by atoms with Crippen LogP contribution in [0.2, 0.25) is 0 Å². The molecule has 0 saturated carbocycles. The van der Waals surface area contributed by atoms with Gasteiger partial charge in [-0.2, -0.15) is 0 Å². The van der Waals surface area contributed by atoms with Crippen LogP contribution in [-0.4, -0.2) is 62.0 Å². The summed E-state index contributed by atoms with van der Waals surface area (Å²) < 4.78 is 4.79. The number of esters is 1. The van der Waals surface area contributed by atoms with Gasteiger partial charge in [-0.1, -0.05) is 39.0 Å². The standard InChI is InChI=1S/C23H35N3O4/c1-17(2)14-20(23(29)30-4)24-21(27)15-18(3)16-22(28)26-12-10-25(11-13-26)19-8-6-5-7-9-19/h5-9,17-18,20H,10-16H2,1-4H3,(H,24,27)/t18-,20-/m0/s1. The molecule has 2 rings (SSSR count). The smallest absolute Gasteiger partial charge is 0.328 e. The summed E-state index contributed by atoms with van der Waals surface area (Å²) in [5.74, 6) is -0.419. The minimum absolute atomic E-state index is 0.0784. The van der Waals surface area contributed by atoms with E-state index in [1.54, 1.807) is 0 Å². The average Bonchev–Trinajstić information content (AvgIpc) is 2.72. The van der Waals surface area contributed by atoms with Crippen molar-refractivity contribution in [3.63, 3.8) is 0 Å². The largest absolute Gasteiger partial charge is 0.467 e. The monoisotopic (exact) mass is 417 g/mol. The molecule has 1 aliphatic rings. The molecule has 1 aromatic carbocycles. The van der Waals surface area contributed by atoms with Crippen molar-refractivity contribution in [1.29, 1.82) is 0 Å². The van der Waals surface area contributed by atoms with Crippen LogP contribution in [0.3, 0.4) is 0 Å². The summed E-state index contributed by atoms with van der Waals surface area (Å²) in [6.45, 7) is 8.85. The van der Waals surface area contributed by atoms with Crippen LogP contribution in [0.5, 0.6) is 0 Å². The van der Waals surface area contributed by atoms with Crippen molar-refractivity contribution >= 4 is 23.5 Å². The lowest BCUT2D eigenvalue weighted by Crippen LogP contribution is -2.49. The molecule has 30 heavy (non-hydrogen) atoms. The van der Waals surface area contributed by atoms with E-state index in [1.807, 2.05) is 43.9 Å². The number of carbonyl (C=O) groups is 3. The molecule has 1 N–H and O–H groups in total. The van der Waals surface area contributed by atoms with E-state index in [0.29, 0.717) is 25.9 Å². The number of piperazine rings is 1. The molecule has 1 aromatic rings. The van der Waals surface area contributed by atoms with Crippen molar-refractivity contribution < 1.29 is 19.1 Å². The second-order valence-corrected chi connectivity index (χ2v) is 8.49. The summed E-state index contributed by atoms with van der Waals surface area (Å²) in [6.07, 6.45) is 1.06. The molecule has 7 nitrogen and oxygen atoms in total. The molecule has 0 bridgehead atoms.